The normalized spacial score (nSPS) is 7.50. The summed E-state index contributed by atoms with van der Waals surface area (Å²) in [6.45, 7) is 0. The van der Waals surface area contributed by atoms with Crippen LogP contribution in [0.1, 0.15) is 0 Å². The molecule has 0 radical (unpaired) electrons. The van der Waals surface area contributed by atoms with Gasteiger partial charge in [-0.3, -0.25) is 0 Å². The summed E-state index contributed by atoms with van der Waals surface area (Å²) in [7, 11) is 2.63. The van der Waals surface area contributed by atoms with Crippen LogP contribution < -0.4 is 0 Å². The summed E-state index contributed by atoms with van der Waals surface area (Å²) in [5.74, 6) is 0. The molecular formula is H4BNiNoSi. The van der Waals surface area contributed by atoms with Crippen LogP contribution in [0, 0.1) is 0 Å². The van der Waals surface area contributed by atoms with Gasteiger partial charge in [0.1, 0.15) is 0 Å². The molecule has 0 spiro atoms. The first-order valence-electron chi connectivity index (χ1n) is 0.896. The van der Waals surface area contributed by atoms with E-state index < -0.39 is 0 Å². The van der Waals surface area contributed by atoms with Gasteiger partial charge in [0.25, 0.3) is 0 Å². The van der Waals surface area contributed by atoms with Gasteiger partial charge in [-0.1, -0.05) is 0 Å². The van der Waals surface area contributed by atoms with Crippen LogP contribution in [-0.4, -0.2) is 17.6 Å². The van der Waals surface area contributed by atoms with Crippen LogP contribution in [-0.2, 0) is 16.5 Å². The molecule has 0 nitrogen and oxygen atoms in total. The van der Waals surface area contributed by atoms with Crippen molar-refractivity contribution in [3.05, 3.63) is 0 Å². The van der Waals surface area contributed by atoms with Gasteiger partial charge in [-0.05, 0) is 0 Å². The van der Waals surface area contributed by atoms with Crippen molar-refractivity contribution in [2.45, 2.75) is 0 Å². The minimum Gasteiger partial charge on any atom is 0 e. The summed E-state index contributed by atoms with van der Waals surface area (Å²) < 4.78 is 2.46. The van der Waals surface area contributed by atoms with Crippen molar-refractivity contribution < 1.29 is 16.5 Å². The molecule has 35 valence electrons. The maximum Gasteiger partial charge on any atom is 0 e. The Morgan fingerprint density at radius 1 is 1.75 bits per heavy atom. The summed E-state index contributed by atoms with van der Waals surface area (Å²) >= 11 is 0. The van der Waals surface area contributed by atoms with E-state index in [1.54, 1.807) is 0 Å². The van der Waals surface area contributed by atoms with E-state index in [-0.39, 0.29) is 16.5 Å². The van der Waals surface area contributed by atoms with Crippen LogP contribution in [0.3, 0.4) is 0 Å². The fraction of sp³-hybridized carbons (Fsp3) is 0. The Morgan fingerprint density at radius 3 is 1.75 bits per heavy atom. The van der Waals surface area contributed by atoms with Gasteiger partial charge in [0.15, 0.2) is 0 Å². The zero-order valence-electron chi connectivity index (χ0n) is 2.29. The second-order valence-corrected chi connectivity index (χ2v) is 5.29. The fourth-order valence-corrected chi connectivity index (χ4v) is 0. The van der Waals surface area contributed by atoms with Crippen LogP contribution in [0.4, 0.5) is 0 Å². The molecule has 0 aliphatic carbocycles. The first-order chi connectivity index (χ1) is 1.41. The van der Waals surface area contributed by atoms with E-state index >= 15 is 0 Å². The molecule has 4 heteroatoms. The second-order valence-electron chi connectivity index (χ2n) is 0.189. The van der Waals surface area contributed by atoms with E-state index in [2.05, 4.69) is 7.44 Å². The van der Waals surface area contributed by atoms with Crippen molar-refractivity contribution in [2.75, 3.05) is 0 Å². The minimum absolute atomic E-state index is 0. The Morgan fingerprint density at radius 2 is 1.75 bits per heavy atom. The summed E-state index contributed by atoms with van der Waals surface area (Å²) in [6, 6.07) is 0. The topological polar surface area (TPSA) is 0 Å². The third-order valence-electron chi connectivity index (χ3n) is 0. The Hall–Kier alpha value is -0.225. The van der Waals surface area contributed by atoms with Gasteiger partial charge in [0.05, 0.1) is 0 Å². The SMILES string of the molecule is B[SiH2][No].[Ni]. The van der Waals surface area contributed by atoms with Crippen molar-refractivity contribution in [3.63, 3.8) is 0 Å². The molecule has 0 saturated carbocycles. The van der Waals surface area contributed by atoms with Crippen molar-refractivity contribution in [1.29, 1.82) is 0 Å². The first kappa shape index (κ1) is 9.23. The van der Waals surface area contributed by atoms with E-state index in [1.165, 1.54) is 0 Å². The molecule has 0 aromatic carbocycles. The zero-order valence-corrected chi connectivity index (χ0v) is 6.92. The molecule has 0 aromatic heterocycles. The fourth-order valence-electron chi connectivity index (χ4n) is 0. The molecule has 0 aliphatic rings. The van der Waals surface area contributed by atoms with Crippen LogP contribution in [0.25, 0.3) is 0 Å². The number of hydrogen-bond donors (Lipinski definition) is 0. The average Bonchev–Trinajstić information content (AvgIpc) is 0.918. The van der Waals surface area contributed by atoms with E-state index in [0.717, 1.165) is 0 Å². The van der Waals surface area contributed by atoms with E-state index in [0.29, 0.717) is 10.1 Å². The third kappa shape index (κ3) is 21.1. The van der Waals surface area contributed by atoms with Crippen LogP contribution in [0.15, 0.2) is 0 Å². The molecule has 0 aromatic rings. The van der Waals surface area contributed by atoms with Crippen molar-refractivity contribution in [2.24, 2.45) is 0 Å². The summed E-state index contributed by atoms with van der Waals surface area (Å²) in [4.78, 5) is 0. The minimum atomic E-state index is 0. The summed E-state index contributed by atoms with van der Waals surface area (Å²) in [6.07, 6.45) is 0. The Bertz CT molecular complexity index is 8.00. The Kier molecular flexibility index (Phi) is 33.6. The van der Waals surface area contributed by atoms with Gasteiger partial charge in [0, 0.05) is 16.5 Å². The maximum atomic E-state index is 2.46. The van der Waals surface area contributed by atoms with Gasteiger partial charge >= 0.3 is 17.6 Å². The smallest absolute Gasteiger partial charge is 0 e. The summed E-state index contributed by atoms with van der Waals surface area (Å²) in [5, 5.41) is 0. The first-order valence-corrected chi connectivity index (χ1v) is 7.41. The van der Waals surface area contributed by atoms with Crippen LogP contribution >= 0.6 is 0 Å². The molecule has 0 saturated heterocycles. The predicted molar refractivity (Wildman–Crippen MR) is 17.1 cm³/mol. The van der Waals surface area contributed by atoms with E-state index in [1.807, 2.05) is 0 Å². The van der Waals surface area contributed by atoms with Gasteiger partial charge in [-0.25, -0.2) is 0 Å². The number of rotatable bonds is 0. The zero-order chi connectivity index (χ0) is 2.71. The van der Waals surface area contributed by atoms with Crippen LogP contribution in [0.5, 0.6) is 0 Å². The molecule has 0 heterocycles. The monoisotopic (exact) mass is 360 g/mol. The average molecular weight is 361 g/mol. The van der Waals surface area contributed by atoms with E-state index in [4.69, 9.17) is 0 Å². The van der Waals surface area contributed by atoms with Gasteiger partial charge < -0.3 is 0 Å². The molecule has 4 heavy (non-hydrogen) atoms. The van der Waals surface area contributed by atoms with Crippen molar-refractivity contribution in [3.8, 4) is 0 Å². The summed E-state index contributed by atoms with van der Waals surface area (Å²) in [5.41, 5.74) is 0. The second kappa shape index (κ2) is 14.6. The van der Waals surface area contributed by atoms with Gasteiger partial charge in [-0.15, -0.1) is 0 Å². The molecule has 0 N–H and O–H groups in total. The Balaban J connectivity index is 0. The molecule has 0 atom stereocenters. The molecule has 0 amide bonds. The molecule has 0 fully saturated rings. The number of hydrogen-bond acceptors (Lipinski definition) is 0. The van der Waals surface area contributed by atoms with Gasteiger partial charge in [0.2, 0.25) is 0 Å². The molecule has 0 bridgehead atoms. The molecular weight excluding hydrogens is 357 g/mol. The Labute approximate surface area is 34.7 Å². The third-order valence-corrected chi connectivity index (χ3v) is 0. The maximum absolute atomic E-state index is 2.46. The molecule has 0 rings (SSSR count). The predicted octanol–water partition coefficient (Wildman–Crippen LogP) is -1.83. The standard InChI is InChI=1S/BH4Si.Ni.No/c1-2;;/h1-2H2;;. The molecule has 0 aliphatic heterocycles. The van der Waals surface area contributed by atoms with E-state index in [9.17, 15) is 0 Å². The van der Waals surface area contributed by atoms with Gasteiger partial charge in [-0.2, -0.15) is 0 Å². The van der Waals surface area contributed by atoms with Crippen molar-refractivity contribution >= 4 is 17.6 Å². The quantitative estimate of drug-likeness (QED) is 0.446. The largest absolute Gasteiger partial charge is 0 e. The van der Waals surface area contributed by atoms with Crippen molar-refractivity contribution in [1.82, 2.24) is 0 Å². The van der Waals surface area contributed by atoms with Crippen LogP contribution in [0.2, 0.25) is 0 Å². The molecule has 0 unspecified atom stereocenters.